The number of nitrogens with two attached hydrogens (primary N) is 3. The Morgan fingerprint density at radius 3 is 2.21 bits per heavy atom. The van der Waals surface area contributed by atoms with E-state index in [-0.39, 0.29) is 31.8 Å². The van der Waals surface area contributed by atoms with Crippen molar-refractivity contribution in [2.45, 2.75) is 43.8 Å². The lowest BCUT2D eigenvalue weighted by Gasteiger charge is -2.23. The predicted octanol–water partition coefficient (Wildman–Crippen LogP) is -4.02. The SMILES string of the molecule is NCC(=O)NC(CC(=O)O)C(=O)NC(Cc1cnc[nH]1)C(=O)NC(CCCN=C(N)N)C(=O)O. The third-order valence-electron chi connectivity index (χ3n) is 4.39. The van der Waals surface area contributed by atoms with Gasteiger partial charge in [-0.25, -0.2) is 9.78 Å². The molecule has 1 aromatic rings. The zero-order valence-corrected chi connectivity index (χ0v) is 18.2. The van der Waals surface area contributed by atoms with Gasteiger partial charge in [-0.05, 0) is 12.8 Å². The average molecular weight is 483 g/mol. The van der Waals surface area contributed by atoms with Crippen molar-refractivity contribution < 1.29 is 34.2 Å². The Balaban J connectivity index is 2.98. The van der Waals surface area contributed by atoms with E-state index in [2.05, 4.69) is 30.9 Å². The van der Waals surface area contributed by atoms with Crippen molar-refractivity contribution >= 4 is 35.6 Å². The van der Waals surface area contributed by atoms with E-state index in [1.165, 1.54) is 12.5 Å². The number of H-pyrrole nitrogens is 1. The van der Waals surface area contributed by atoms with Gasteiger partial charge in [0.25, 0.3) is 0 Å². The van der Waals surface area contributed by atoms with Crippen molar-refractivity contribution in [2.75, 3.05) is 13.1 Å². The summed E-state index contributed by atoms with van der Waals surface area (Å²) in [6.07, 6.45) is 2.09. The fraction of sp³-hybridized carbons (Fsp3) is 0.500. The van der Waals surface area contributed by atoms with Gasteiger partial charge in [0.1, 0.15) is 18.1 Å². The molecule has 0 aliphatic rings. The van der Waals surface area contributed by atoms with Crippen molar-refractivity contribution in [1.82, 2.24) is 25.9 Å². The third-order valence-corrected chi connectivity index (χ3v) is 4.39. The minimum Gasteiger partial charge on any atom is -0.481 e. The van der Waals surface area contributed by atoms with Gasteiger partial charge in [-0.3, -0.25) is 24.2 Å². The zero-order valence-electron chi connectivity index (χ0n) is 18.2. The zero-order chi connectivity index (χ0) is 25.7. The molecule has 0 spiro atoms. The molecule has 16 nitrogen and oxygen atoms in total. The van der Waals surface area contributed by atoms with E-state index in [0.29, 0.717) is 5.69 Å². The number of amides is 3. The molecule has 0 fully saturated rings. The van der Waals surface area contributed by atoms with Gasteiger partial charge in [0.15, 0.2) is 5.96 Å². The highest BCUT2D eigenvalue weighted by molar-refractivity contribution is 5.95. The van der Waals surface area contributed by atoms with Crippen LogP contribution in [0, 0.1) is 0 Å². The molecule has 34 heavy (non-hydrogen) atoms. The molecule has 3 atom stereocenters. The minimum absolute atomic E-state index is 0.00320. The second-order valence-electron chi connectivity index (χ2n) is 7.11. The van der Waals surface area contributed by atoms with Crippen LogP contribution in [0.25, 0.3) is 0 Å². The molecule has 12 N–H and O–H groups in total. The average Bonchev–Trinajstić information content (AvgIpc) is 3.27. The summed E-state index contributed by atoms with van der Waals surface area (Å²) in [5.41, 5.74) is 16.1. The Morgan fingerprint density at radius 2 is 1.68 bits per heavy atom. The molecule has 0 saturated heterocycles. The van der Waals surface area contributed by atoms with E-state index < -0.39 is 60.8 Å². The van der Waals surface area contributed by atoms with E-state index in [9.17, 15) is 29.1 Å². The van der Waals surface area contributed by atoms with Crippen LogP contribution in [0.2, 0.25) is 0 Å². The predicted molar refractivity (Wildman–Crippen MR) is 117 cm³/mol. The maximum Gasteiger partial charge on any atom is 0.326 e. The molecule has 0 aromatic carbocycles. The van der Waals surface area contributed by atoms with Crippen LogP contribution >= 0.6 is 0 Å². The molecular formula is C18H29N9O7. The Kier molecular flexibility index (Phi) is 11.5. The number of carbonyl (C=O) groups excluding carboxylic acids is 3. The van der Waals surface area contributed by atoms with Gasteiger partial charge in [0.2, 0.25) is 17.7 Å². The number of aliphatic carboxylic acids is 2. The van der Waals surface area contributed by atoms with E-state index in [0.717, 1.165) is 0 Å². The summed E-state index contributed by atoms with van der Waals surface area (Å²) < 4.78 is 0. The monoisotopic (exact) mass is 483 g/mol. The van der Waals surface area contributed by atoms with Gasteiger partial charge >= 0.3 is 11.9 Å². The number of carboxylic acid groups (broad SMARTS) is 2. The van der Waals surface area contributed by atoms with Gasteiger partial charge in [-0.1, -0.05) is 0 Å². The van der Waals surface area contributed by atoms with Crippen LogP contribution in [0.15, 0.2) is 17.5 Å². The smallest absolute Gasteiger partial charge is 0.326 e. The number of aliphatic imine (C=N–C) groups is 1. The van der Waals surface area contributed by atoms with Crippen molar-refractivity contribution in [3.63, 3.8) is 0 Å². The van der Waals surface area contributed by atoms with Crippen molar-refractivity contribution in [3.8, 4) is 0 Å². The number of aromatic nitrogens is 2. The Morgan fingerprint density at radius 1 is 1.03 bits per heavy atom. The molecule has 0 bridgehead atoms. The number of rotatable bonds is 15. The molecule has 0 aliphatic carbocycles. The first-order valence-corrected chi connectivity index (χ1v) is 10.1. The largest absolute Gasteiger partial charge is 0.481 e. The summed E-state index contributed by atoms with van der Waals surface area (Å²) >= 11 is 0. The molecule has 0 saturated carbocycles. The first-order valence-electron chi connectivity index (χ1n) is 10.1. The lowest BCUT2D eigenvalue weighted by Crippen LogP contribution is -2.57. The highest BCUT2D eigenvalue weighted by Crippen LogP contribution is 2.05. The van der Waals surface area contributed by atoms with Crippen molar-refractivity contribution in [1.29, 1.82) is 0 Å². The molecule has 1 rings (SSSR count). The summed E-state index contributed by atoms with van der Waals surface area (Å²) in [6, 6.07) is -4.14. The Bertz CT molecular complexity index is 884. The second-order valence-corrected chi connectivity index (χ2v) is 7.11. The number of hydrogen-bond donors (Lipinski definition) is 9. The number of carboxylic acids is 2. The lowest BCUT2D eigenvalue weighted by atomic mass is 10.1. The van der Waals surface area contributed by atoms with E-state index in [1.54, 1.807) is 0 Å². The van der Waals surface area contributed by atoms with Crippen LogP contribution < -0.4 is 33.2 Å². The Hall–Kier alpha value is -4.21. The van der Waals surface area contributed by atoms with Crippen LogP contribution in [0.5, 0.6) is 0 Å². The first kappa shape index (κ1) is 27.8. The first-order chi connectivity index (χ1) is 16.0. The fourth-order valence-corrected chi connectivity index (χ4v) is 2.77. The number of carbonyl (C=O) groups is 5. The second kappa shape index (κ2) is 14.0. The molecule has 188 valence electrons. The molecular weight excluding hydrogens is 454 g/mol. The Labute approximate surface area is 193 Å². The maximum absolute atomic E-state index is 12.9. The number of nitrogens with zero attached hydrogens (tertiary/aromatic N) is 2. The number of nitrogens with one attached hydrogen (secondary N) is 4. The van der Waals surface area contributed by atoms with Gasteiger partial charge < -0.3 is 48.3 Å². The van der Waals surface area contributed by atoms with Crippen molar-refractivity contribution in [2.24, 2.45) is 22.2 Å². The van der Waals surface area contributed by atoms with E-state index >= 15 is 0 Å². The normalized spacial score (nSPS) is 13.1. The highest BCUT2D eigenvalue weighted by atomic mass is 16.4. The van der Waals surface area contributed by atoms with Crippen LogP contribution in [0.4, 0.5) is 0 Å². The van der Waals surface area contributed by atoms with Crippen LogP contribution in [-0.2, 0) is 30.4 Å². The van der Waals surface area contributed by atoms with E-state index in [1.807, 2.05) is 0 Å². The molecule has 1 aromatic heterocycles. The number of guanidine groups is 1. The molecule has 16 heteroatoms. The summed E-state index contributed by atoms with van der Waals surface area (Å²) in [7, 11) is 0. The van der Waals surface area contributed by atoms with Gasteiger partial charge in [-0.2, -0.15) is 0 Å². The fourth-order valence-electron chi connectivity index (χ4n) is 2.77. The van der Waals surface area contributed by atoms with Gasteiger partial charge in [0, 0.05) is 24.9 Å². The van der Waals surface area contributed by atoms with Gasteiger partial charge in [-0.15, -0.1) is 0 Å². The topological polar surface area (TPSA) is 281 Å². The summed E-state index contributed by atoms with van der Waals surface area (Å²) in [5.74, 6) is -5.44. The lowest BCUT2D eigenvalue weighted by molar-refractivity contribution is -0.143. The van der Waals surface area contributed by atoms with Gasteiger partial charge in [0.05, 0.1) is 19.3 Å². The standard InChI is InChI=1S/C18H29N9O7/c19-6-13(28)25-12(5-14(29)30)16(32)27-11(4-9-7-22-8-24-9)15(31)26-10(17(33)34)2-1-3-23-18(20)21/h7-8,10-12H,1-6,19H2,(H,22,24)(H,25,28)(H,26,31)(H,27,32)(H,29,30)(H,33,34)(H4,20,21,23). The molecule has 3 unspecified atom stereocenters. The summed E-state index contributed by atoms with van der Waals surface area (Å²) in [4.78, 5) is 70.1. The van der Waals surface area contributed by atoms with Crippen LogP contribution in [0.1, 0.15) is 25.0 Å². The quantitative estimate of drug-likeness (QED) is 0.0657. The summed E-state index contributed by atoms with van der Waals surface area (Å²) in [5, 5.41) is 25.3. The maximum atomic E-state index is 12.9. The molecule has 3 amide bonds. The van der Waals surface area contributed by atoms with E-state index in [4.69, 9.17) is 22.3 Å². The molecule has 0 aliphatic heterocycles. The third kappa shape index (κ3) is 10.4. The number of imidazole rings is 1. The number of aromatic amines is 1. The highest BCUT2D eigenvalue weighted by Gasteiger charge is 2.30. The van der Waals surface area contributed by atoms with Crippen LogP contribution in [-0.4, -0.2) is 87.0 Å². The molecule has 1 heterocycles. The summed E-state index contributed by atoms with van der Waals surface area (Å²) in [6.45, 7) is -0.338. The van der Waals surface area contributed by atoms with Crippen LogP contribution in [0.3, 0.4) is 0 Å². The minimum atomic E-state index is -1.51. The van der Waals surface area contributed by atoms with Crippen molar-refractivity contribution in [3.05, 3.63) is 18.2 Å². The number of hydrogen-bond acceptors (Lipinski definition) is 8. The molecule has 0 radical (unpaired) electrons.